The molecule has 0 spiro atoms. The summed E-state index contributed by atoms with van der Waals surface area (Å²) in [6.45, 7) is 0.312. The first-order valence-corrected chi connectivity index (χ1v) is 7.92. The molecule has 0 amide bonds. The summed E-state index contributed by atoms with van der Waals surface area (Å²) in [6, 6.07) is 3.59. The minimum absolute atomic E-state index is 0.144. The van der Waals surface area contributed by atoms with Crippen LogP contribution < -0.4 is 11.5 Å². The van der Waals surface area contributed by atoms with Crippen molar-refractivity contribution < 1.29 is 14.3 Å². The fourth-order valence-electron chi connectivity index (χ4n) is 1.51. The number of halogens is 2. The van der Waals surface area contributed by atoms with E-state index >= 15 is 0 Å². The van der Waals surface area contributed by atoms with E-state index in [4.69, 9.17) is 27.8 Å². The zero-order valence-corrected chi connectivity index (χ0v) is 13.7. The summed E-state index contributed by atoms with van der Waals surface area (Å²) >= 11 is 7.94. The van der Waals surface area contributed by atoms with Crippen LogP contribution in [0, 0.1) is 0 Å². The van der Waals surface area contributed by atoms with Crippen LogP contribution in [0.2, 0.25) is 5.02 Å². The number of nitrogen functional groups attached to an aromatic ring is 1. The monoisotopic (exact) mass is 410 g/mol. The molecule has 7 heteroatoms. The molecule has 0 fully saturated rings. The van der Waals surface area contributed by atoms with Gasteiger partial charge in [0.05, 0.1) is 6.61 Å². The number of anilines is 1. The highest BCUT2D eigenvalue weighted by Crippen LogP contribution is 2.19. The van der Waals surface area contributed by atoms with Gasteiger partial charge in [-0.2, -0.15) is 0 Å². The normalized spacial score (nSPS) is 11.9. The molecule has 1 atom stereocenters. The Labute approximate surface area is 136 Å². The Balaban J connectivity index is 2.58. The van der Waals surface area contributed by atoms with Crippen LogP contribution in [0.1, 0.15) is 23.2 Å². The van der Waals surface area contributed by atoms with Gasteiger partial charge in [-0.3, -0.25) is 9.59 Å². The molecule has 110 valence electrons. The molecule has 0 heterocycles. The zero-order chi connectivity index (χ0) is 15.1. The van der Waals surface area contributed by atoms with Crippen LogP contribution in [0.4, 0.5) is 5.69 Å². The lowest BCUT2D eigenvalue weighted by Crippen LogP contribution is -2.35. The van der Waals surface area contributed by atoms with E-state index in [0.29, 0.717) is 17.2 Å². The summed E-state index contributed by atoms with van der Waals surface area (Å²) in [4.78, 5) is 23.6. The molecule has 1 aromatic rings. The molecule has 20 heavy (non-hydrogen) atoms. The minimum atomic E-state index is -0.980. The van der Waals surface area contributed by atoms with Gasteiger partial charge in [0.25, 0.3) is 0 Å². The van der Waals surface area contributed by atoms with Crippen molar-refractivity contribution in [3.63, 3.8) is 0 Å². The van der Waals surface area contributed by atoms with Crippen LogP contribution in [-0.4, -0.2) is 28.8 Å². The quantitative estimate of drug-likeness (QED) is 0.179. The molecule has 1 aromatic carbocycles. The maximum Gasteiger partial charge on any atom is 0.323 e. The average Bonchev–Trinajstić information content (AvgIpc) is 2.38. The Kier molecular flexibility index (Phi) is 7.25. The van der Waals surface area contributed by atoms with E-state index in [1.165, 1.54) is 12.1 Å². The van der Waals surface area contributed by atoms with Crippen molar-refractivity contribution in [2.24, 2.45) is 5.73 Å². The third-order valence-corrected chi connectivity index (χ3v) is 3.54. The van der Waals surface area contributed by atoms with E-state index < -0.39 is 12.0 Å². The smallest absolute Gasteiger partial charge is 0.323 e. The summed E-state index contributed by atoms with van der Waals surface area (Å²) in [5, 5.41) is 0.446. The first kappa shape index (κ1) is 17.2. The van der Waals surface area contributed by atoms with Crippen molar-refractivity contribution in [1.29, 1.82) is 0 Å². The van der Waals surface area contributed by atoms with Crippen LogP contribution in [0.5, 0.6) is 0 Å². The minimum Gasteiger partial charge on any atom is -0.464 e. The highest BCUT2D eigenvalue weighted by molar-refractivity contribution is 14.1. The number of carbonyl (C=O) groups excluding carboxylic acids is 2. The number of nitrogens with two attached hydrogens (primary N) is 2. The number of carbonyl (C=O) groups is 2. The number of alkyl halides is 1. The number of esters is 1. The van der Waals surface area contributed by atoms with Crippen molar-refractivity contribution in [1.82, 2.24) is 0 Å². The van der Waals surface area contributed by atoms with E-state index in [9.17, 15) is 9.59 Å². The molecular formula is C13H16ClIN2O3. The molecule has 0 aliphatic heterocycles. The topological polar surface area (TPSA) is 95.4 Å². The number of Topliss-reactive ketones (excluding diaryl/α,β-unsaturated/α-hetero) is 1. The van der Waals surface area contributed by atoms with E-state index in [1.807, 2.05) is 0 Å². The van der Waals surface area contributed by atoms with Crippen LogP contribution in [0.3, 0.4) is 0 Å². The van der Waals surface area contributed by atoms with Crippen LogP contribution in [-0.2, 0) is 9.53 Å². The molecular weight excluding hydrogens is 395 g/mol. The fourth-order valence-corrected chi connectivity index (χ4v) is 2.01. The first-order chi connectivity index (χ1) is 9.45. The van der Waals surface area contributed by atoms with Gasteiger partial charge in [-0.1, -0.05) is 34.2 Å². The maximum absolute atomic E-state index is 12.0. The lowest BCUT2D eigenvalue weighted by atomic mass is 10.0. The zero-order valence-electron chi connectivity index (χ0n) is 10.8. The predicted octanol–water partition coefficient (Wildman–Crippen LogP) is 2.19. The van der Waals surface area contributed by atoms with Crippen molar-refractivity contribution in [2.45, 2.75) is 18.9 Å². The van der Waals surface area contributed by atoms with Gasteiger partial charge in [0.15, 0.2) is 5.78 Å². The van der Waals surface area contributed by atoms with Crippen LogP contribution in [0.15, 0.2) is 18.2 Å². The number of ether oxygens (including phenoxy) is 1. The van der Waals surface area contributed by atoms with Gasteiger partial charge in [-0.05, 0) is 24.6 Å². The Morgan fingerprint density at radius 3 is 2.70 bits per heavy atom. The van der Waals surface area contributed by atoms with E-state index in [0.717, 1.165) is 10.8 Å². The third kappa shape index (κ3) is 5.26. The molecule has 0 radical (unpaired) electrons. The number of hydrogen-bond acceptors (Lipinski definition) is 5. The van der Waals surface area contributed by atoms with Crippen molar-refractivity contribution in [3.8, 4) is 0 Å². The van der Waals surface area contributed by atoms with Crippen molar-refractivity contribution in [3.05, 3.63) is 28.8 Å². The summed E-state index contributed by atoms with van der Waals surface area (Å²) in [7, 11) is 0. The van der Waals surface area contributed by atoms with Gasteiger partial charge < -0.3 is 16.2 Å². The summed E-state index contributed by atoms with van der Waals surface area (Å²) in [5.41, 5.74) is 11.9. The van der Waals surface area contributed by atoms with E-state index in [2.05, 4.69) is 22.6 Å². The van der Waals surface area contributed by atoms with Gasteiger partial charge in [0.2, 0.25) is 0 Å². The average molecular weight is 411 g/mol. The van der Waals surface area contributed by atoms with E-state index in [1.54, 1.807) is 6.07 Å². The van der Waals surface area contributed by atoms with Crippen molar-refractivity contribution in [2.75, 3.05) is 16.8 Å². The van der Waals surface area contributed by atoms with Gasteiger partial charge >= 0.3 is 5.97 Å². The fraction of sp³-hybridized carbons (Fsp3) is 0.385. The maximum atomic E-state index is 12.0. The number of ketones is 1. The molecule has 0 aliphatic rings. The molecule has 4 N–H and O–H groups in total. The summed E-state index contributed by atoms with van der Waals surface area (Å²) in [5.74, 6) is -0.881. The highest BCUT2D eigenvalue weighted by atomic mass is 127. The number of hydrogen-bond donors (Lipinski definition) is 2. The molecule has 0 aromatic heterocycles. The lowest BCUT2D eigenvalue weighted by Gasteiger charge is -2.11. The van der Waals surface area contributed by atoms with Crippen LogP contribution in [0.25, 0.3) is 0 Å². The SMILES string of the molecule is Nc1cc(Cl)ccc1C(=O)CC(N)C(=O)OCCCI. The molecule has 1 rings (SSSR count). The Hall–Kier alpha value is -0.860. The number of benzene rings is 1. The predicted molar refractivity (Wildman–Crippen MR) is 87.3 cm³/mol. The number of rotatable bonds is 7. The van der Waals surface area contributed by atoms with Gasteiger partial charge in [-0.25, -0.2) is 0 Å². The Bertz CT molecular complexity index is 497. The first-order valence-electron chi connectivity index (χ1n) is 6.02. The molecule has 0 bridgehead atoms. The highest BCUT2D eigenvalue weighted by Gasteiger charge is 2.21. The van der Waals surface area contributed by atoms with Gasteiger partial charge in [0.1, 0.15) is 6.04 Å². The third-order valence-electron chi connectivity index (χ3n) is 2.54. The van der Waals surface area contributed by atoms with Gasteiger partial charge in [-0.15, -0.1) is 0 Å². The summed E-state index contributed by atoms with van der Waals surface area (Å²) in [6.07, 6.45) is 0.617. The largest absolute Gasteiger partial charge is 0.464 e. The molecule has 1 unspecified atom stereocenters. The lowest BCUT2D eigenvalue weighted by molar-refractivity contribution is -0.145. The second kappa shape index (κ2) is 8.43. The molecule has 5 nitrogen and oxygen atoms in total. The second-order valence-corrected chi connectivity index (χ2v) is 5.69. The van der Waals surface area contributed by atoms with E-state index in [-0.39, 0.29) is 17.9 Å². The standard InChI is InChI=1S/C13H16ClIN2O3/c14-8-2-3-9(10(16)6-8)12(18)7-11(17)13(19)20-5-1-4-15/h2-3,6,11H,1,4-5,7,16-17H2. The molecule has 0 aliphatic carbocycles. The Morgan fingerprint density at radius 2 is 2.10 bits per heavy atom. The van der Waals surface area contributed by atoms with Crippen molar-refractivity contribution >= 4 is 51.6 Å². The molecule has 0 saturated heterocycles. The van der Waals surface area contributed by atoms with Gasteiger partial charge in [0, 0.05) is 27.1 Å². The van der Waals surface area contributed by atoms with Crippen LogP contribution >= 0.6 is 34.2 Å². The second-order valence-electron chi connectivity index (χ2n) is 4.18. The molecule has 0 saturated carbocycles. The summed E-state index contributed by atoms with van der Waals surface area (Å²) < 4.78 is 5.85. The Morgan fingerprint density at radius 1 is 1.40 bits per heavy atom.